The first-order valence-electron chi connectivity index (χ1n) is 11.2. The molecule has 4 atom stereocenters. The summed E-state index contributed by atoms with van der Waals surface area (Å²) in [6.07, 6.45) is 0. The van der Waals surface area contributed by atoms with E-state index in [2.05, 4.69) is 0 Å². The summed E-state index contributed by atoms with van der Waals surface area (Å²) in [6.45, 7) is 0. The van der Waals surface area contributed by atoms with Gasteiger partial charge in [0.15, 0.2) is 0 Å². The van der Waals surface area contributed by atoms with E-state index in [1.54, 1.807) is 42.5 Å². The first-order chi connectivity index (χ1) is 16.7. The third-order valence-corrected chi connectivity index (χ3v) is 7.40. The number of rotatable bonds is 2. The molecular formula is C28H22O7. The summed E-state index contributed by atoms with van der Waals surface area (Å²) < 4.78 is 0. The van der Waals surface area contributed by atoms with Crippen LogP contribution in [0.25, 0.3) is 0 Å². The average molecular weight is 470 g/mol. The molecule has 2 aliphatic rings. The second-order valence-electron chi connectivity index (χ2n) is 9.28. The molecule has 0 aliphatic heterocycles. The zero-order chi connectivity index (χ0) is 24.6. The summed E-state index contributed by atoms with van der Waals surface area (Å²) in [7, 11) is 0. The summed E-state index contributed by atoms with van der Waals surface area (Å²) in [6, 6.07) is 16.6. The Morgan fingerprint density at radius 3 is 1.54 bits per heavy atom. The summed E-state index contributed by atoms with van der Waals surface area (Å²) in [5, 5.41) is 73.5. The van der Waals surface area contributed by atoms with Gasteiger partial charge in [-0.05, 0) is 47.0 Å². The van der Waals surface area contributed by atoms with Crippen molar-refractivity contribution in [3.05, 3.63) is 100 Å². The maximum absolute atomic E-state index is 11.0. The van der Waals surface area contributed by atoms with Crippen molar-refractivity contribution in [3.8, 4) is 40.2 Å². The molecule has 0 saturated carbocycles. The van der Waals surface area contributed by atoms with Crippen molar-refractivity contribution < 1.29 is 35.7 Å². The van der Waals surface area contributed by atoms with Gasteiger partial charge in [-0.15, -0.1) is 0 Å². The average Bonchev–Trinajstić information content (AvgIpc) is 3.05. The first-order valence-corrected chi connectivity index (χ1v) is 11.2. The van der Waals surface area contributed by atoms with Crippen LogP contribution in [0.1, 0.15) is 57.1 Å². The van der Waals surface area contributed by atoms with Gasteiger partial charge in [-0.1, -0.05) is 18.2 Å². The van der Waals surface area contributed by atoms with Gasteiger partial charge in [-0.25, -0.2) is 0 Å². The second-order valence-corrected chi connectivity index (χ2v) is 9.28. The zero-order valence-electron chi connectivity index (χ0n) is 18.3. The Morgan fingerprint density at radius 1 is 0.400 bits per heavy atom. The smallest absolute Gasteiger partial charge is 0.123 e. The van der Waals surface area contributed by atoms with E-state index in [1.807, 2.05) is 0 Å². The van der Waals surface area contributed by atoms with Gasteiger partial charge in [0.1, 0.15) is 40.2 Å². The number of benzene rings is 4. The van der Waals surface area contributed by atoms with Crippen molar-refractivity contribution in [3.63, 3.8) is 0 Å². The number of phenolic OH excluding ortho intramolecular Hbond substituents is 7. The summed E-state index contributed by atoms with van der Waals surface area (Å²) in [5.41, 5.74) is 3.56. The minimum absolute atomic E-state index is 0.0957. The van der Waals surface area contributed by atoms with Crippen molar-refractivity contribution in [1.29, 1.82) is 0 Å². The highest BCUT2D eigenvalue weighted by Gasteiger charge is 2.54. The lowest BCUT2D eigenvalue weighted by atomic mass is 9.63. The van der Waals surface area contributed by atoms with Gasteiger partial charge in [-0.2, -0.15) is 0 Å². The molecule has 0 spiro atoms. The van der Waals surface area contributed by atoms with Crippen LogP contribution in [0.15, 0.2) is 66.7 Å². The van der Waals surface area contributed by atoms with Crippen LogP contribution >= 0.6 is 0 Å². The van der Waals surface area contributed by atoms with Crippen LogP contribution in [0.5, 0.6) is 40.2 Å². The molecule has 35 heavy (non-hydrogen) atoms. The van der Waals surface area contributed by atoms with Crippen molar-refractivity contribution in [2.45, 2.75) is 23.7 Å². The Hall–Kier alpha value is -4.52. The molecule has 176 valence electrons. The van der Waals surface area contributed by atoms with E-state index in [0.29, 0.717) is 27.8 Å². The predicted molar refractivity (Wildman–Crippen MR) is 127 cm³/mol. The highest BCUT2D eigenvalue weighted by molar-refractivity contribution is 5.69. The van der Waals surface area contributed by atoms with E-state index in [1.165, 1.54) is 24.3 Å². The summed E-state index contributed by atoms with van der Waals surface area (Å²) in [4.78, 5) is 0. The molecule has 4 aromatic carbocycles. The van der Waals surface area contributed by atoms with E-state index in [0.717, 1.165) is 5.56 Å². The summed E-state index contributed by atoms with van der Waals surface area (Å²) in [5.74, 6) is -2.64. The maximum Gasteiger partial charge on any atom is 0.123 e. The Morgan fingerprint density at radius 2 is 0.914 bits per heavy atom. The van der Waals surface area contributed by atoms with E-state index in [9.17, 15) is 35.7 Å². The molecule has 0 amide bonds. The fourth-order valence-corrected chi connectivity index (χ4v) is 6.24. The number of fused-ring (bicyclic) bond motifs is 7. The molecule has 0 heterocycles. The quantitative estimate of drug-likeness (QED) is 0.223. The number of phenols is 7. The minimum Gasteiger partial charge on any atom is -0.508 e. The van der Waals surface area contributed by atoms with Crippen molar-refractivity contribution in [1.82, 2.24) is 0 Å². The molecule has 0 fully saturated rings. The van der Waals surface area contributed by atoms with Gasteiger partial charge >= 0.3 is 0 Å². The third kappa shape index (κ3) is 2.98. The normalized spacial score (nSPS) is 21.9. The lowest BCUT2D eigenvalue weighted by Gasteiger charge is -2.40. The lowest BCUT2D eigenvalue weighted by molar-refractivity contribution is 0.396. The fourth-order valence-electron chi connectivity index (χ4n) is 6.24. The molecule has 0 saturated heterocycles. The number of aromatic hydroxyl groups is 7. The molecule has 0 radical (unpaired) electrons. The third-order valence-electron chi connectivity index (χ3n) is 7.40. The van der Waals surface area contributed by atoms with Crippen LogP contribution in [0, 0.1) is 0 Å². The van der Waals surface area contributed by atoms with Crippen LogP contribution in [0.2, 0.25) is 0 Å². The van der Waals surface area contributed by atoms with Crippen molar-refractivity contribution in [2.75, 3.05) is 0 Å². The highest BCUT2D eigenvalue weighted by Crippen LogP contribution is 2.69. The molecule has 4 unspecified atom stereocenters. The topological polar surface area (TPSA) is 142 Å². The summed E-state index contributed by atoms with van der Waals surface area (Å²) >= 11 is 0. The molecule has 2 aliphatic carbocycles. The van der Waals surface area contributed by atoms with Crippen LogP contribution in [-0.4, -0.2) is 35.7 Å². The standard InChI is InChI=1S/C28H22O7/c29-13-3-1-12(2-4-13)23-27-18-7-15(31)10-21(34)24(18)26(17-6-5-14(30)9-20(17)33)28(23)19-8-16(32)11-22(35)25(19)27/h1-11,23,26-35H. The second kappa shape index (κ2) is 7.24. The van der Waals surface area contributed by atoms with Gasteiger partial charge < -0.3 is 35.7 Å². The van der Waals surface area contributed by atoms with E-state index in [4.69, 9.17) is 0 Å². The van der Waals surface area contributed by atoms with Gasteiger partial charge in [0.25, 0.3) is 0 Å². The molecule has 7 heteroatoms. The van der Waals surface area contributed by atoms with Crippen molar-refractivity contribution >= 4 is 0 Å². The van der Waals surface area contributed by atoms with E-state index < -0.39 is 17.8 Å². The van der Waals surface area contributed by atoms with Crippen LogP contribution in [0.4, 0.5) is 0 Å². The van der Waals surface area contributed by atoms with Gasteiger partial charge in [0.05, 0.1) is 0 Å². The molecule has 6 rings (SSSR count). The molecule has 4 aromatic rings. The van der Waals surface area contributed by atoms with E-state index >= 15 is 0 Å². The SMILES string of the molecule is Oc1ccc(C2C3c4cc(O)cc(O)c4C(c4ccc(O)cc4O)C2c2cc(O)cc(O)c23)cc1. The Balaban J connectivity index is 1.74. The zero-order valence-corrected chi connectivity index (χ0v) is 18.3. The van der Waals surface area contributed by atoms with Crippen LogP contribution < -0.4 is 0 Å². The molecule has 7 nitrogen and oxygen atoms in total. The molecule has 0 aromatic heterocycles. The van der Waals surface area contributed by atoms with Crippen LogP contribution in [-0.2, 0) is 0 Å². The minimum atomic E-state index is -0.649. The van der Waals surface area contributed by atoms with Gasteiger partial charge in [-0.3, -0.25) is 0 Å². The maximum atomic E-state index is 11.0. The van der Waals surface area contributed by atoms with Crippen LogP contribution in [0.3, 0.4) is 0 Å². The fraction of sp³-hybridized carbons (Fsp3) is 0.143. The lowest BCUT2D eigenvalue weighted by Crippen LogP contribution is -2.26. The number of hydrogen-bond donors (Lipinski definition) is 7. The predicted octanol–water partition coefficient (Wildman–Crippen LogP) is 4.78. The highest BCUT2D eigenvalue weighted by atomic mass is 16.3. The van der Waals surface area contributed by atoms with Crippen molar-refractivity contribution in [2.24, 2.45) is 0 Å². The Bertz CT molecular complexity index is 1490. The molecular weight excluding hydrogens is 448 g/mol. The molecule has 7 N–H and O–H groups in total. The number of hydrogen-bond acceptors (Lipinski definition) is 7. The van der Waals surface area contributed by atoms with E-state index in [-0.39, 0.29) is 46.2 Å². The first kappa shape index (κ1) is 21.0. The monoisotopic (exact) mass is 470 g/mol. The Labute approximate surface area is 200 Å². The largest absolute Gasteiger partial charge is 0.508 e. The van der Waals surface area contributed by atoms with Gasteiger partial charge in [0, 0.05) is 58.6 Å². The molecule has 2 bridgehead atoms. The Kier molecular flexibility index (Phi) is 4.35. The van der Waals surface area contributed by atoms with Gasteiger partial charge in [0.2, 0.25) is 0 Å².